The molecule has 0 bridgehead atoms. The van der Waals surface area contributed by atoms with Crippen molar-refractivity contribution in [3.8, 4) is 0 Å². The van der Waals surface area contributed by atoms with Gasteiger partial charge in [-0.25, -0.2) is 0 Å². The van der Waals surface area contributed by atoms with E-state index in [-0.39, 0.29) is 17.9 Å². The van der Waals surface area contributed by atoms with Crippen LogP contribution in [0.4, 0.5) is 0 Å². The second-order valence-corrected chi connectivity index (χ2v) is 10.2. The summed E-state index contributed by atoms with van der Waals surface area (Å²) in [6.07, 6.45) is 5.70. The first-order chi connectivity index (χ1) is 17.5. The molecular formula is C28H27Cl2N3O3. The first-order valence-corrected chi connectivity index (χ1v) is 13.0. The second kappa shape index (κ2) is 10.5. The number of benzene rings is 2. The summed E-state index contributed by atoms with van der Waals surface area (Å²) in [6, 6.07) is 17.2. The summed E-state index contributed by atoms with van der Waals surface area (Å²) in [5, 5.41) is 16.0. The molecule has 2 aliphatic rings. The van der Waals surface area contributed by atoms with Crippen LogP contribution in [0.25, 0.3) is 0 Å². The lowest BCUT2D eigenvalue weighted by molar-refractivity contribution is -0.613. The van der Waals surface area contributed by atoms with Crippen molar-refractivity contribution in [2.24, 2.45) is 0 Å². The molecular weight excluding hydrogens is 497 g/mol. The second-order valence-electron chi connectivity index (χ2n) is 9.39. The highest BCUT2D eigenvalue weighted by atomic mass is 35.5. The minimum absolute atomic E-state index is 0.0293. The van der Waals surface area contributed by atoms with Crippen LogP contribution in [0.3, 0.4) is 0 Å². The van der Waals surface area contributed by atoms with Gasteiger partial charge in [0.05, 0.1) is 18.4 Å². The quantitative estimate of drug-likeness (QED) is 0.356. The lowest BCUT2D eigenvalue weighted by Gasteiger charge is -2.45. The predicted octanol–water partition coefficient (Wildman–Crippen LogP) is 5.21. The zero-order valence-electron chi connectivity index (χ0n) is 19.7. The Morgan fingerprint density at radius 3 is 2.53 bits per heavy atom. The summed E-state index contributed by atoms with van der Waals surface area (Å²) in [7, 11) is 0. The molecule has 2 amide bonds. The molecule has 0 radical (unpaired) electrons. The van der Waals surface area contributed by atoms with Gasteiger partial charge < -0.3 is 15.4 Å². The summed E-state index contributed by atoms with van der Waals surface area (Å²) in [5.74, 6) is -0.940. The summed E-state index contributed by atoms with van der Waals surface area (Å²) >= 11 is 12.9. The first kappa shape index (κ1) is 24.6. The fourth-order valence-electron chi connectivity index (χ4n) is 5.57. The Hall–Kier alpha value is -3.09. The molecule has 1 fully saturated rings. The normalized spacial score (nSPS) is 19.8. The Morgan fingerprint density at radius 2 is 1.78 bits per heavy atom. The molecule has 0 saturated heterocycles. The Balaban J connectivity index is 1.54. The van der Waals surface area contributed by atoms with Gasteiger partial charge in [-0.1, -0.05) is 66.4 Å². The van der Waals surface area contributed by atoms with Crippen LogP contribution in [0, 0.1) is 5.21 Å². The van der Waals surface area contributed by atoms with E-state index >= 15 is 0 Å². The molecule has 1 N–H and O–H groups in total. The molecule has 3 aromatic rings. The summed E-state index contributed by atoms with van der Waals surface area (Å²) in [4.78, 5) is 29.6. The minimum atomic E-state index is -0.659. The van der Waals surface area contributed by atoms with E-state index in [1.807, 2.05) is 29.2 Å². The number of amides is 2. The number of rotatable bonds is 6. The van der Waals surface area contributed by atoms with Crippen LogP contribution in [0.5, 0.6) is 0 Å². The number of nitrogens with zero attached hydrogens (tertiary/aromatic N) is 2. The molecule has 6 nitrogen and oxygen atoms in total. The third-order valence-electron chi connectivity index (χ3n) is 7.24. The van der Waals surface area contributed by atoms with Crippen molar-refractivity contribution in [3.05, 3.63) is 104 Å². The van der Waals surface area contributed by atoms with Gasteiger partial charge in [0.15, 0.2) is 11.9 Å². The van der Waals surface area contributed by atoms with E-state index in [1.54, 1.807) is 36.4 Å². The van der Waals surface area contributed by atoms with E-state index in [2.05, 4.69) is 5.32 Å². The Labute approximate surface area is 220 Å². The van der Waals surface area contributed by atoms with Gasteiger partial charge in [-0.15, -0.1) is 0 Å². The number of fused-ring (bicyclic) bond motifs is 1. The smallest absolute Gasteiger partial charge is 0.254 e. The van der Waals surface area contributed by atoms with E-state index in [0.717, 1.165) is 30.4 Å². The van der Waals surface area contributed by atoms with Gasteiger partial charge in [-0.05, 0) is 42.2 Å². The van der Waals surface area contributed by atoms with Crippen LogP contribution in [-0.2, 0) is 11.2 Å². The van der Waals surface area contributed by atoms with Crippen LogP contribution in [0.2, 0.25) is 10.0 Å². The van der Waals surface area contributed by atoms with E-state index < -0.39 is 12.0 Å². The number of aromatic nitrogens is 1. The maximum atomic E-state index is 13.9. The molecule has 2 heterocycles. The molecule has 0 unspecified atom stereocenters. The minimum Gasteiger partial charge on any atom is -0.619 e. The van der Waals surface area contributed by atoms with E-state index in [4.69, 9.17) is 23.2 Å². The topological polar surface area (TPSA) is 76.4 Å². The monoisotopic (exact) mass is 523 g/mol. The lowest BCUT2D eigenvalue weighted by atomic mass is 9.78. The molecule has 1 aliphatic heterocycles. The molecule has 2 atom stereocenters. The Kier molecular flexibility index (Phi) is 7.17. The first-order valence-electron chi connectivity index (χ1n) is 12.3. The van der Waals surface area contributed by atoms with Crippen molar-refractivity contribution in [2.75, 3.05) is 6.54 Å². The number of carbonyl (C=O) groups is 2. The summed E-state index contributed by atoms with van der Waals surface area (Å²) in [6.45, 7) is 0.294. The van der Waals surface area contributed by atoms with Gasteiger partial charge in [-0.2, -0.15) is 4.73 Å². The zero-order chi connectivity index (χ0) is 25.2. The van der Waals surface area contributed by atoms with E-state index in [1.165, 1.54) is 6.20 Å². The predicted molar refractivity (Wildman–Crippen MR) is 139 cm³/mol. The maximum Gasteiger partial charge on any atom is 0.254 e. The van der Waals surface area contributed by atoms with Gasteiger partial charge >= 0.3 is 0 Å². The summed E-state index contributed by atoms with van der Waals surface area (Å²) in [5.41, 5.74) is 2.51. The average Bonchev–Trinajstić information content (AvgIpc) is 3.40. The fraction of sp³-hybridized carbons (Fsp3) is 0.321. The number of pyridine rings is 1. The highest BCUT2D eigenvalue weighted by molar-refractivity contribution is 6.35. The number of halogens is 2. The average molecular weight is 524 g/mol. The number of hydrogen-bond acceptors (Lipinski definition) is 3. The van der Waals surface area contributed by atoms with Gasteiger partial charge in [0.1, 0.15) is 0 Å². The third kappa shape index (κ3) is 4.67. The van der Waals surface area contributed by atoms with Crippen LogP contribution >= 0.6 is 23.2 Å². The number of hydrogen-bond donors (Lipinski definition) is 1. The molecule has 1 aromatic heterocycles. The van der Waals surface area contributed by atoms with Gasteiger partial charge in [0.25, 0.3) is 5.91 Å². The van der Waals surface area contributed by atoms with Crippen LogP contribution < -0.4 is 10.0 Å². The molecule has 1 aliphatic carbocycles. The molecule has 8 heteroatoms. The van der Waals surface area contributed by atoms with Gasteiger partial charge in [0.2, 0.25) is 5.91 Å². The molecule has 0 spiro atoms. The van der Waals surface area contributed by atoms with Gasteiger partial charge in [-0.3, -0.25) is 9.59 Å². The van der Waals surface area contributed by atoms with E-state index in [9.17, 15) is 14.8 Å². The van der Waals surface area contributed by atoms with Crippen molar-refractivity contribution in [2.45, 2.75) is 50.1 Å². The number of nitrogens with one attached hydrogen (secondary N) is 1. The van der Waals surface area contributed by atoms with Crippen molar-refractivity contribution >= 4 is 35.0 Å². The molecule has 5 rings (SSSR count). The van der Waals surface area contributed by atoms with E-state index in [0.29, 0.717) is 45.4 Å². The van der Waals surface area contributed by atoms with Crippen molar-refractivity contribution in [1.82, 2.24) is 10.2 Å². The largest absolute Gasteiger partial charge is 0.619 e. The van der Waals surface area contributed by atoms with Gasteiger partial charge in [0, 0.05) is 40.3 Å². The van der Waals surface area contributed by atoms with Crippen molar-refractivity contribution in [3.63, 3.8) is 0 Å². The maximum absolute atomic E-state index is 13.9. The Morgan fingerprint density at radius 1 is 1.03 bits per heavy atom. The standard InChI is InChI=1S/C28H27Cl2N3O3/c29-18-12-13-23(24(30)17-18)26-25(27(34)31-15-14-19-7-5-6-16-32(19)36)21-10-3-4-11-22(21)28(35)33(26)20-8-1-2-9-20/h3-7,10-13,16-17,20,25-26H,1-2,8-9,14-15H2,(H,31,34)/t25-,26+/m1/s1. The zero-order valence-corrected chi connectivity index (χ0v) is 21.2. The summed E-state index contributed by atoms with van der Waals surface area (Å²) < 4.78 is 0.804. The molecule has 1 saturated carbocycles. The molecule has 186 valence electrons. The van der Waals surface area contributed by atoms with Crippen LogP contribution in [-0.4, -0.2) is 29.3 Å². The highest BCUT2D eigenvalue weighted by Gasteiger charge is 2.47. The fourth-order valence-corrected chi connectivity index (χ4v) is 6.09. The van der Waals surface area contributed by atoms with Crippen LogP contribution in [0.15, 0.2) is 66.9 Å². The third-order valence-corrected chi connectivity index (χ3v) is 7.80. The van der Waals surface area contributed by atoms with Crippen LogP contribution in [0.1, 0.15) is 64.8 Å². The number of carbonyl (C=O) groups excluding carboxylic acids is 2. The molecule has 36 heavy (non-hydrogen) atoms. The SMILES string of the molecule is O=C(NCCc1cccc[n+]1[O-])[C@@H]1c2ccccc2C(=O)N(C2CCCC2)[C@H]1c1ccc(Cl)cc1Cl. The van der Waals surface area contributed by atoms with Crippen molar-refractivity contribution in [1.29, 1.82) is 0 Å². The Bertz CT molecular complexity index is 1290. The lowest BCUT2D eigenvalue weighted by Crippen LogP contribution is -2.51. The molecule has 2 aromatic carbocycles. The highest BCUT2D eigenvalue weighted by Crippen LogP contribution is 2.47. The van der Waals surface area contributed by atoms with Crippen molar-refractivity contribution < 1.29 is 14.3 Å².